The fourth-order valence-electron chi connectivity index (χ4n) is 2.75. The molecule has 3 nitrogen and oxygen atoms in total. The molecule has 1 aliphatic rings. The van der Waals surface area contributed by atoms with Crippen LogP contribution < -0.4 is 10.6 Å². The SMILES string of the molecule is CC(C)CCN(c1c(N)cnc2ccc(Br)cc12)C1CC1. The van der Waals surface area contributed by atoms with E-state index in [-0.39, 0.29) is 0 Å². The van der Waals surface area contributed by atoms with Gasteiger partial charge in [-0.15, -0.1) is 0 Å². The molecule has 2 aromatic rings. The van der Waals surface area contributed by atoms with Crippen molar-refractivity contribution in [2.45, 2.75) is 39.2 Å². The van der Waals surface area contributed by atoms with Crippen molar-refractivity contribution in [3.63, 3.8) is 0 Å². The van der Waals surface area contributed by atoms with Gasteiger partial charge >= 0.3 is 0 Å². The minimum absolute atomic E-state index is 0.649. The van der Waals surface area contributed by atoms with Crippen LogP contribution in [0.15, 0.2) is 28.9 Å². The lowest BCUT2D eigenvalue weighted by Crippen LogP contribution is -2.28. The Hall–Kier alpha value is -1.29. The number of anilines is 2. The van der Waals surface area contributed by atoms with E-state index in [1.165, 1.54) is 24.9 Å². The molecule has 1 aliphatic carbocycles. The molecule has 0 spiro atoms. The summed E-state index contributed by atoms with van der Waals surface area (Å²) < 4.78 is 1.07. The van der Waals surface area contributed by atoms with Gasteiger partial charge in [0, 0.05) is 22.4 Å². The maximum Gasteiger partial charge on any atom is 0.0745 e. The number of pyridine rings is 1. The van der Waals surface area contributed by atoms with Crippen molar-refractivity contribution in [1.82, 2.24) is 4.98 Å². The van der Waals surface area contributed by atoms with Crippen LogP contribution in [0.4, 0.5) is 11.4 Å². The van der Waals surface area contributed by atoms with Gasteiger partial charge in [-0.05, 0) is 43.4 Å². The molecule has 1 saturated carbocycles. The summed E-state index contributed by atoms with van der Waals surface area (Å²) in [7, 11) is 0. The van der Waals surface area contributed by atoms with Crippen molar-refractivity contribution in [3.05, 3.63) is 28.9 Å². The predicted molar refractivity (Wildman–Crippen MR) is 93.7 cm³/mol. The molecule has 21 heavy (non-hydrogen) atoms. The molecule has 0 saturated heterocycles. The van der Waals surface area contributed by atoms with Crippen LogP contribution >= 0.6 is 15.9 Å². The summed E-state index contributed by atoms with van der Waals surface area (Å²) in [5.41, 5.74) is 9.26. The smallest absolute Gasteiger partial charge is 0.0745 e. The van der Waals surface area contributed by atoms with Gasteiger partial charge in [0.1, 0.15) is 0 Å². The fourth-order valence-corrected chi connectivity index (χ4v) is 3.11. The molecular formula is C17H22BrN3. The highest BCUT2D eigenvalue weighted by Gasteiger charge is 2.31. The minimum Gasteiger partial charge on any atom is -0.396 e. The fraction of sp³-hybridized carbons (Fsp3) is 0.471. The van der Waals surface area contributed by atoms with E-state index in [1.807, 2.05) is 6.07 Å². The molecule has 4 heteroatoms. The number of hydrogen-bond donors (Lipinski definition) is 1. The van der Waals surface area contributed by atoms with Gasteiger partial charge in [0.25, 0.3) is 0 Å². The largest absolute Gasteiger partial charge is 0.396 e. The summed E-state index contributed by atoms with van der Waals surface area (Å²) >= 11 is 3.57. The molecule has 0 atom stereocenters. The zero-order valence-corrected chi connectivity index (χ0v) is 14.2. The highest BCUT2D eigenvalue weighted by molar-refractivity contribution is 9.10. The number of rotatable bonds is 5. The van der Waals surface area contributed by atoms with Gasteiger partial charge in [0.2, 0.25) is 0 Å². The summed E-state index contributed by atoms with van der Waals surface area (Å²) in [6.07, 6.45) is 5.54. The number of nitrogen functional groups attached to an aromatic ring is 1. The Balaban J connectivity index is 2.07. The van der Waals surface area contributed by atoms with Crippen molar-refractivity contribution in [1.29, 1.82) is 0 Å². The second-order valence-corrected chi connectivity index (χ2v) is 7.25. The molecule has 3 rings (SSSR count). The molecule has 1 aromatic heterocycles. The Kier molecular flexibility index (Phi) is 4.07. The molecule has 0 unspecified atom stereocenters. The molecule has 1 aromatic carbocycles. The maximum absolute atomic E-state index is 6.29. The van der Waals surface area contributed by atoms with Gasteiger partial charge in [-0.2, -0.15) is 0 Å². The number of fused-ring (bicyclic) bond motifs is 1. The minimum atomic E-state index is 0.649. The van der Waals surface area contributed by atoms with E-state index in [9.17, 15) is 0 Å². The summed E-state index contributed by atoms with van der Waals surface area (Å²) in [6, 6.07) is 6.87. The first-order chi connectivity index (χ1) is 10.1. The number of nitrogens with two attached hydrogens (primary N) is 1. The molecule has 2 N–H and O–H groups in total. The van der Waals surface area contributed by atoms with Gasteiger partial charge in [-0.1, -0.05) is 29.8 Å². The van der Waals surface area contributed by atoms with Crippen LogP contribution in [0.1, 0.15) is 33.1 Å². The summed E-state index contributed by atoms with van der Waals surface area (Å²) in [4.78, 5) is 6.97. The molecule has 112 valence electrons. The number of hydrogen-bond acceptors (Lipinski definition) is 3. The van der Waals surface area contributed by atoms with Crippen LogP contribution in [0.2, 0.25) is 0 Å². The van der Waals surface area contributed by atoms with Crippen molar-refractivity contribution in [3.8, 4) is 0 Å². The zero-order chi connectivity index (χ0) is 15.0. The third kappa shape index (κ3) is 3.15. The van der Waals surface area contributed by atoms with Gasteiger partial charge < -0.3 is 10.6 Å². The van der Waals surface area contributed by atoms with Crippen molar-refractivity contribution in [2.75, 3.05) is 17.2 Å². The van der Waals surface area contributed by atoms with E-state index < -0.39 is 0 Å². The monoisotopic (exact) mass is 347 g/mol. The van der Waals surface area contributed by atoms with Crippen LogP contribution in [0.25, 0.3) is 10.9 Å². The lowest BCUT2D eigenvalue weighted by atomic mass is 10.1. The van der Waals surface area contributed by atoms with Crippen LogP contribution in [-0.2, 0) is 0 Å². The van der Waals surface area contributed by atoms with Crippen LogP contribution in [0, 0.1) is 5.92 Å². The Labute approximate surface area is 134 Å². The second kappa shape index (κ2) is 5.84. The first-order valence-electron chi connectivity index (χ1n) is 7.66. The van der Waals surface area contributed by atoms with E-state index in [1.54, 1.807) is 6.20 Å². The van der Waals surface area contributed by atoms with E-state index in [0.29, 0.717) is 12.0 Å². The van der Waals surface area contributed by atoms with Gasteiger partial charge in [-0.3, -0.25) is 4.98 Å². The summed E-state index contributed by atoms with van der Waals surface area (Å²) in [5.74, 6) is 0.701. The Morgan fingerprint density at radius 1 is 1.38 bits per heavy atom. The summed E-state index contributed by atoms with van der Waals surface area (Å²) in [6.45, 7) is 5.61. The standard InChI is InChI=1S/C17H22BrN3/c1-11(2)7-8-21(13-4-5-13)17-14-9-12(18)3-6-16(14)20-10-15(17)19/h3,6,9-11,13H,4-5,7-8,19H2,1-2H3. The summed E-state index contributed by atoms with van der Waals surface area (Å²) in [5, 5.41) is 1.15. The van der Waals surface area contributed by atoms with E-state index >= 15 is 0 Å². The highest BCUT2D eigenvalue weighted by Crippen LogP contribution is 2.39. The van der Waals surface area contributed by atoms with Gasteiger partial charge in [0.15, 0.2) is 0 Å². The average Bonchev–Trinajstić information content (AvgIpc) is 3.25. The molecule has 0 aliphatic heterocycles. The van der Waals surface area contributed by atoms with Crippen molar-refractivity contribution in [2.24, 2.45) is 5.92 Å². The number of aromatic nitrogens is 1. The van der Waals surface area contributed by atoms with Crippen molar-refractivity contribution < 1.29 is 0 Å². The lowest BCUT2D eigenvalue weighted by Gasteiger charge is -2.28. The molecular weight excluding hydrogens is 326 g/mol. The number of benzene rings is 1. The van der Waals surface area contributed by atoms with E-state index in [2.05, 4.69) is 51.8 Å². The topological polar surface area (TPSA) is 42.1 Å². The predicted octanol–water partition coefficient (Wildman–Crippen LogP) is 4.59. The molecule has 0 radical (unpaired) electrons. The molecule has 1 fully saturated rings. The van der Waals surface area contributed by atoms with Gasteiger partial charge in [0.05, 0.1) is 23.1 Å². The molecule has 0 bridgehead atoms. The first kappa shape index (κ1) is 14.6. The first-order valence-corrected chi connectivity index (χ1v) is 8.46. The molecule has 0 amide bonds. The zero-order valence-electron chi connectivity index (χ0n) is 12.6. The molecule has 1 heterocycles. The Morgan fingerprint density at radius 2 is 2.14 bits per heavy atom. The normalized spacial score (nSPS) is 14.9. The Bertz CT molecular complexity index is 645. The van der Waals surface area contributed by atoms with Crippen molar-refractivity contribution >= 4 is 38.2 Å². The second-order valence-electron chi connectivity index (χ2n) is 6.33. The van der Waals surface area contributed by atoms with Crippen LogP contribution in [0.5, 0.6) is 0 Å². The lowest BCUT2D eigenvalue weighted by molar-refractivity contribution is 0.571. The average molecular weight is 348 g/mol. The van der Waals surface area contributed by atoms with Crippen LogP contribution in [-0.4, -0.2) is 17.6 Å². The van der Waals surface area contributed by atoms with E-state index in [0.717, 1.165) is 27.6 Å². The number of halogens is 1. The van der Waals surface area contributed by atoms with Gasteiger partial charge in [-0.25, -0.2) is 0 Å². The van der Waals surface area contributed by atoms with Crippen LogP contribution in [0.3, 0.4) is 0 Å². The maximum atomic E-state index is 6.29. The number of nitrogens with zero attached hydrogens (tertiary/aromatic N) is 2. The van der Waals surface area contributed by atoms with E-state index in [4.69, 9.17) is 5.73 Å². The highest BCUT2D eigenvalue weighted by atomic mass is 79.9. The quantitative estimate of drug-likeness (QED) is 0.859. The Morgan fingerprint density at radius 3 is 2.81 bits per heavy atom. The third-order valence-electron chi connectivity index (χ3n) is 4.05. The third-order valence-corrected chi connectivity index (χ3v) is 4.55.